The first-order valence-corrected chi connectivity index (χ1v) is 5.54. The fourth-order valence-electron chi connectivity index (χ4n) is 1.52. The van der Waals surface area contributed by atoms with Crippen molar-refractivity contribution in [2.75, 3.05) is 17.7 Å². The average molecular weight is 242 g/mol. The largest absolute Gasteiger partial charge is 0.397 e. The monoisotopic (exact) mass is 242 g/mol. The summed E-state index contributed by atoms with van der Waals surface area (Å²) in [7, 11) is 1.70. The van der Waals surface area contributed by atoms with Crippen LogP contribution in [-0.2, 0) is 11.2 Å². The van der Waals surface area contributed by atoms with Gasteiger partial charge >= 0.3 is 0 Å². The van der Waals surface area contributed by atoms with Crippen LogP contribution in [0.5, 0.6) is 0 Å². The highest BCUT2D eigenvalue weighted by Gasteiger charge is 2.12. The maximum absolute atomic E-state index is 12.0. The first kappa shape index (κ1) is 12.0. The molecular weight excluding hydrogens is 228 g/mol. The number of aromatic nitrogens is 2. The number of likely N-dealkylation sites (N-methyl/N-ethyl adjacent to an activating group) is 1. The molecule has 0 aliphatic rings. The Morgan fingerprint density at radius 3 is 2.61 bits per heavy atom. The number of carbonyl (C=O) groups excluding carboxylic acids is 1. The van der Waals surface area contributed by atoms with E-state index in [4.69, 9.17) is 5.73 Å². The molecule has 2 N–H and O–H groups in total. The van der Waals surface area contributed by atoms with E-state index in [9.17, 15) is 4.79 Å². The van der Waals surface area contributed by atoms with Crippen LogP contribution in [0.4, 0.5) is 11.5 Å². The lowest BCUT2D eigenvalue weighted by atomic mass is 10.2. The Morgan fingerprint density at radius 2 is 2.00 bits per heavy atom. The number of carbonyl (C=O) groups is 1. The third-order valence-corrected chi connectivity index (χ3v) is 2.59. The Bertz CT molecular complexity index is 524. The highest BCUT2D eigenvalue weighted by molar-refractivity contribution is 5.93. The average Bonchev–Trinajstić information content (AvgIpc) is 2.40. The Morgan fingerprint density at radius 1 is 1.28 bits per heavy atom. The molecule has 2 heterocycles. The summed E-state index contributed by atoms with van der Waals surface area (Å²) in [6, 6.07) is 7.09. The molecule has 0 radical (unpaired) electrons. The minimum Gasteiger partial charge on any atom is -0.397 e. The van der Waals surface area contributed by atoms with Crippen molar-refractivity contribution in [1.82, 2.24) is 9.97 Å². The van der Waals surface area contributed by atoms with Crippen molar-refractivity contribution >= 4 is 17.4 Å². The summed E-state index contributed by atoms with van der Waals surface area (Å²) in [5.41, 5.74) is 7.06. The third kappa shape index (κ3) is 2.82. The SMILES string of the molecule is CN(C(=O)Cc1ccncc1)c1ccc(N)cn1. The minimum atomic E-state index is -0.0292. The van der Waals surface area contributed by atoms with Crippen molar-refractivity contribution in [1.29, 1.82) is 0 Å². The topological polar surface area (TPSA) is 72.1 Å². The summed E-state index contributed by atoms with van der Waals surface area (Å²) in [6.45, 7) is 0. The number of nitrogen functional groups attached to an aromatic ring is 1. The van der Waals surface area contributed by atoms with Gasteiger partial charge in [-0.3, -0.25) is 14.7 Å². The zero-order chi connectivity index (χ0) is 13.0. The van der Waals surface area contributed by atoms with E-state index in [1.807, 2.05) is 12.1 Å². The highest BCUT2D eigenvalue weighted by atomic mass is 16.2. The van der Waals surface area contributed by atoms with Crippen LogP contribution in [0.15, 0.2) is 42.9 Å². The molecule has 0 saturated heterocycles. The van der Waals surface area contributed by atoms with Crippen LogP contribution in [0, 0.1) is 0 Å². The molecule has 0 aliphatic heterocycles. The van der Waals surface area contributed by atoms with Gasteiger partial charge in [0.05, 0.1) is 18.3 Å². The van der Waals surface area contributed by atoms with Gasteiger partial charge < -0.3 is 5.73 Å². The van der Waals surface area contributed by atoms with E-state index in [1.165, 1.54) is 11.1 Å². The number of rotatable bonds is 3. The second-order valence-corrected chi connectivity index (χ2v) is 3.93. The molecule has 2 rings (SSSR count). The Labute approximate surface area is 105 Å². The number of hydrogen-bond donors (Lipinski definition) is 1. The van der Waals surface area contributed by atoms with Gasteiger partial charge in [0.15, 0.2) is 0 Å². The van der Waals surface area contributed by atoms with Crippen molar-refractivity contribution in [2.45, 2.75) is 6.42 Å². The molecular formula is C13H14N4O. The standard InChI is InChI=1S/C13H14N4O/c1-17(12-3-2-11(14)9-16-12)13(18)8-10-4-6-15-7-5-10/h2-7,9H,8,14H2,1H3. The van der Waals surface area contributed by atoms with Gasteiger partial charge in [0.2, 0.25) is 5.91 Å². The molecule has 2 aromatic heterocycles. The summed E-state index contributed by atoms with van der Waals surface area (Å²) < 4.78 is 0. The van der Waals surface area contributed by atoms with Crippen LogP contribution >= 0.6 is 0 Å². The van der Waals surface area contributed by atoms with E-state index in [-0.39, 0.29) is 5.91 Å². The quantitative estimate of drug-likeness (QED) is 0.879. The van der Waals surface area contributed by atoms with E-state index in [0.29, 0.717) is 17.9 Å². The van der Waals surface area contributed by atoms with Gasteiger partial charge in [-0.2, -0.15) is 0 Å². The van der Waals surface area contributed by atoms with E-state index in [1.54, 1.807) is 31.6 Å². The summed E-state index contributed by atoms with van der Waals surface area (Å²) in [5.74, 6) is 0.557. The van der Waals surface area contributed by atoms with Crippen molar-refractivity contribution in [2.24, 2.45) is 0 Å². The minimum absolute atomic E-state index is 0.0292. The molecule has 0 spiro atoms. The molecule has 2 aromatic rings. The molecule has 0 saturated carbocycles. The van der Waals surface area contributed by atoms with Gasteiger partial charge in [-0.15, -0.1) is 0 Å². The van der Waals surface area contributed by atoms with Crippen LogP contribution in [0.3, 0.4) is 0 Å². The van der Waals surface area contributed by atoms with Gasteiger partial charge in [0, 0.05) is 19.4 Å². The maximum atomic E-state index is 12.0. The molecule has 1 amide bonds. The van der Waals surface area contributed by atoms with Gasteiger partial charge in [-0.25, -0.2) is 4.98 Å². The molecule has 0 atom stereocenters. The predicted molar refractivity (Wildman–Crippen MR) is 70.0 cm³/mol. The molecule has 5 nitrogen and oxygen atoms in total. The normalized spacial score (nSPS) is 10.1. The number of nitrogens with zero attached hydrogens (tertiary/aromatic N) is 3. The van der Waals surface area contributed by atoms with Crippen LogP contribution in [-0.4, -0.2) is 22.9 Å². The summed E-state index contributed by atoms with van der Waals surface area (Å²) in [5, 5.41) is 0. The third-order valence-electron chi connectivity index (χ3n) is 2.59. The fraction of sp³-hybridized carbons (Fsp3) is 0.154. The second-order valence-electron chi connectivity index (χ2n) is 3.93. The van der Waals surface area contributed by atoms with E-state index in [2.05, 4.69) is 9.97 Å². The van der Waals surface area contributed by atoms with Crippen molar-refractivity contribution < 1.29 is 4.79 Å². The van der Waals surface area contributed by atoms with Crippen LogP contribution < -0.4 is 10.6 Å². The highest BCUT2D eigenvalue weighted by Crippen LogP contribution is 2.12. The number of anilines is 2. The molecule has 0 fully saturated rings. The summed E-state index contributed by atoms with van der Waals surface area (Å²) in [4.78, 5) is 21.6. The van der Waals surface area contributed by atoms with Crippen LogP contribution in [0.2, 0.25) is 0 Å². The molecule has 5 heteroatoms. The lowest BCUT2D eigenvalue weighted by molar-refractivity contribution is -0.117. The number of nitrogens with two attached hydrogens (primary N) is 1. The fourth-order valence-corrected chi connectivity index (χ4v) is 1.52. The van der Waals surface area contributed by atoms with Gasteiger partial charge in [0.25, 0.3) is 0 Å². The smallest absolute Gasteiger partial charge is 0.232 e. The first-order chi connectivity index (χ1) is 8.66. The van der Waals surface area contributed by atoms with E-state index in [0.717, 1.165) is 5.56 Å². The Hall–Kier alpha value is -2.43. The van der Waals surface area contributed by atoms with Gasteiger partial charge in [-0.1, -0.05) is 0 Å². The van der Waals surface area contributed by atoms with E-state index < -0.39 is 0 Å². The predicted octanol–water partition coefficient (Wildman–Crippen LogP) is 1.26. The van der Waals surface area contributed by atoms with Crippen LogP contribution in [0.25, 0.3) is 0 Å². The summed E-state index contributed by atoms with van der Waals surface area (Å²) in [6.07, 6.45) is 5.20. The number of hydrogen-bond acceptors (Lipinski definition) is 4. The van der Waals surface area contributed by atoms with Crippen LogP contribution in [0.1, 0.15) is 5.56 Å². The van der Waals surface area contributed by atoms with Crippen molar-refractivity contribution in [3.05, 3.63) is 48.4 Å². The van der Waals surface area contributed by atoms with Crippen molar-refractivity contribution in [3.8, 4) is 0 Å². The number of amides is 1. The van der Waals surface area contributed by atoms with Gasteiger partial charge in [-0.05, 0) is 29.8 Å². The van der Waals surface area contributed by atoms with Crippen molar-refractivity contribution in [3.63, 3.8) is 0 Å². The molecule has 18 heavy (non-hydrogen) atoms. The molecule has 0 aliphatic carbocycles. The first-order valence-electron chi connectivity index (χ1n) is 5.54. The molecule has 0 aromatic carbocycles. The molecule has 92 valence electrons. The molecule has 0 unspecified atom stereocenters. The van der Waals surface area contributed by atoms with E-state index >= 15 is 0 Å². The summed E-state index contributed by atoms with van der Waals surface area (Å²) >= 11 is 0. The number of pyridine rings is 2. The Kier molecular flexibility index (Phi) is 3.52. The van der Waals surface area contributed by atoms with Gasteiger partial charge in [0.1, 0.15) is 5.82 Å². The molecule has 0 bridgehead atoms. The Balaban J connectivity index is 2.07. The lowest BCUT2D eigenvalue weighted by Crippen LogP contribution is -2.28. The zero-order valence-corrected chi connectivity index (χ0v) is 10.1. The lowest BCUT2D eigenvalue weighted by Gasteiger charge is -2.16. The zero-order valence-electron chi connectivity index (χ0n) is 10.1. The second kappa shape index (κ2) is 5.27. The maximum Gasteiger partial charge on any atom is 0.232 e.